The highest BCUT2D eigenvalue weighted by Gasteiger charge is 2.12. The second kappa shape index (κ2) is 10.7. The van der Waals surface area contributed by atoms with Crippen molar-refractivity contribution in [1.82, 2.24) is 20.4 Å². The Labute approximate surface area is 185 Å². The fraction of sp³-hybridized carbons (Fsp3) is 0.167. The summed E-state index contributed by atoms with van der Waals surface area (Å²) < 4.78 is 6.71. The van der Waals surface area contributed by atoms with Crippen molar-refractivity contribution in [1.29, 1.82) is 0 Å². The van der Waals surface area contributed by atoms with Crippen molar-refractivity contribution in [3.63, 3.8) is 0 Å². The highest BCUT2D eigenvalue weighted by Crippen LogP contribution is 2.19. The van der Waals surface area contributed by atoms with E-state index in [9.17, 15) is 14.4 Å². The molecule has 8 heteroatoms. The van der Waals surface area contributed by atoms with E-state index in [-0.39, 0.29) is 6.54 Å². The van der Waals surface area contributed by atoms with Crippen LogP contribution < -0.4 is 10.6 Å². The number of rotatable bonds is 7. The zero-order chi connectivity index (χ0) is 22.9. The van der Waals surface area contributed by atoms with Crippen molar-refractivity contribution in [2.75, 3.05) is 6.61 Å². The number of ether oxygens (including phenoxy) is 1. The number of nitrogens with one attached hydrogen (secondary N) is 2. The van der Waals surface area contributed by atoms with Gasteiger partial charge in [-0.15, -0.1) is 0 Å². The molecule has 0 aliphatic rings. The van der Waals surface area contributed by atoms with Gasteiger partial charge in [-0.25, -0.2) is 14.3 Å². The van der Waals surface area contributed by atoms with Crippen LogP contribution in [-0.4, -0.2) is 34.3 Å². The molecule has 0 saturated carbocycles. The standard InChI is InChI=1S/C24H24N4O4/c1-17-21(18(2)28(27-17)20-11-7-4-8-12-20)13-14-23(30)32-16-22(29)26-24(31)25-15-19-9-5-3-6-10-19/h3-14H,15-16H2,1-2H3,(H2,25,26,29,31)/b14-13+. The first-order valence-corrected chi connectivity index (χ1v) is 10.0. The molecule has 0 aliphatic heterocycles. The van der Waals surface area contributed by atoms with Gasteiger partial charge in [0.05, 0.1) is 11.4 Å². The summed E-state index contributed by atoms with van der Waals surface area (Å²) in [6.45, 7) is 3.46. The number of para-hydroxylation sites is 1. The molecule has 0 spiro atoms. The molecular formula is C24H24N4O4. The molecule has 0 unspecified atom stereocenters. The number of amides is 3. The molecule has 0 fully saturated rings. The molecule has 0 atom stereocenters. The van der Waals surface area contributed by atoms with Gasteiger partial charge in [0.2, 0.25) is 0 Å². The van der Waals surface area contributed by atoms with Crippen molar-refractivity contribution in [2.24, 2.45) is 0 Å². The van der Waals surface area contributed by atoms with Gasteiger partial charge >= 0.3 is 12.0 Å². The molecule has 8 nitrogen and oxygen atoms in total. The maximum atomic E-state index is 12.0. The molecule has 3 amide bonds. The molecule has 1 heterocycles. The number of hydrogen-bond donors (Lipinski definition) is 2. The quantitative estimate of drug-likeness (QED) is 0.441. The normalized spacial score (nSPS) is 10.7. The molecule has 0 aliphatic carbocycles. The lowest BCUT2D eigenvalue weighted by molar-refractivity contribution is -0.143. The number of urea groups is 1. The number of imide groups is 1. The third-order valence-corrected chi connectivity index (χ3v) is 4.63. The number of esters is 1. The van der Waals surface area contributed by atoms with E-state index >= 15 is 0 Å². The molecule has 2 N–H and O–H groups in total. The monoisotopic (exact) mass is 432 g/mol. The molecule has 164 valence electrons. The van der Waals surface area contributed by atoms with Gasteiger partial charge in [0, 0.05) is 23.9 Å². The molecule has 3 rings (SSSR count). The van der Waals surface area contributed by atoms with Crippen LogP contribution in [0, 0.1) is 13.8 Å². The third-order valence-electron chi connectivity index (χ3n) is 4.63. The lowest BCUT2D eigenvalue weighted by atomic mass is 10.2. The van der Waals surface area contributed by atoms with Gasteiger partial charge in [-0.1, -0.05) is 48.5 Å². The summed E-state index contributed by atoms with van der Waals surface area (Å²) in [5.74, 6) is -1.42. The molecule has 3 aromatic rings. The Balaban J connectivity index is 1.48. The van der Waals surface area contributed by atoms with Gasteiger partial charge < -0.3 is 10.1 Å². The minimum atomic E-state index is -0.721. The predicted octanol–water partition coefficient (Wildman–Crippen LogP) is 3.07. The molecule has 32 heavy (non-hydrogen) atoms. The number of benzene rings is 2. The minimum Gasteiger partial charge on any atom is -0.452 e. The SMILES string of the molecule is Cc1nn(-c2ccccc2)c(C)c1/C=C/C(=O)OCC(=O)NC(=O)NCc1ccccc1. The number of carbonyl (C=O) groups is 3. The van der Waals surface area contributed by atoms with Gasteiger partial charge in [0.1, 0.15) is 0 Å². The Hall–Kier alpha value is -4.20. The molecule has 0 bridgehead atoms. The van der Waals surface area contributed by atoms with E-state index in [4.69, 9.17) is 4.74 Å². The van der Waals surface area contributed by atoms with Crippen LogP contribution in [0.3, 0.4) is 0 Å². The van der Waals surface area contributed by atoms with Crippen LogP contribution in [-0.2, 0) is 20.9 Å². The second-order valence-electron chi connectivity index (χ2n) is 6.99. The molecule has 0 saturated heterocycles. The minimum absolute atomic E-state index is 0.276. The van der Waals surface area contributed by atoms with Gasteiger partial charge in [-0.05, 0) is 37.6 Å². The van der Waals surface area contributed by atoms with E-state index in [1.165, 1.54) is 6.08 Å². The summed E-state index contributed by atoms with van der Waals surface area (Å²) in [5, 5.41) is 9.18. The van der Waals surface area contributed by atoms with Crippen LogP contribution in [0.4, 0.5) is 4.79 Å². The van der Waals surface area contributed by atoms with Gasteiger partial charge in [0.25, 0.3) is 5.91 Å². The van der Waals surface area contributed by atoms with Gasteiger partial charge in [0.15, 0.2) is 6.61 Å². The van der Waals surface area contributed by atoms with E-state index in [1.807, 2.05) is 74.5 Å². The Kier molecular flexibility index (Phi) is 7.53. The molecule has 2 aromatic carbocycles. The fourth-order valence-corrected chi connectivity index (χ4v) is 3.04. The van der Waals surface area contributed by atoms with Gasteiger partial charge in [-0.3, -0.25) is 10.1 Å². The largest absolute Gasteiger partial charge is 0.452 e. The number of hydrogen-bond acceptors (Lipinski definition) is 5. The third kappa shape index (κ3) is 6.15. The molecule has 0 radical (unpaired) electrons. The van der Waals surface area contributed by atoms with Crippen LogP contribution in [0.5, 0.6) is 0 Å². The zero-order valence-electron chi connectivity index (χ0n) is 17.9. The van der Waals surface area contributed by atoms with Crippen LogP contribution in [0.15, 0.2) is 66.7 Å². The van der Waals surface area contributed by atoms with Crippen molar-refractivity contribution >= 4 is 24.0 Å². The van der Waals surface area contributed by atoms with Crippen LogP contribution in [0.2, 0.25) is 0 Å². The first kappa shape index (κ1) is 22.5. The van der Waals surface area contributed by atoms with Crippen molar-refractivity contribution in [2.45, 2.75) is 20.4 Å². The van der Waals surface area contributed by atoms with Crippen LogP contribution in [0.25, 0.3) is 11.8 Å². The number of carbonyl (C=O) groups excluding carboxylic acids is 3. The summed E-state index contributed by atoms with van der Waals surface area (Å²) >= 11 is 0. The molecule has 1 aromatic heterocycles. The van der Waals surface area contributed by atoms with Crippen molar-refractivity contribution < 1.29 is 19.1 Å². The lowest BCUT2D eigenvalue weighted by Crippen LogP contribution is -2.41. The highest BCUT2D eigenvalue weighted by atomic mass is 16.5. The molecular weight excluding hydrogens is 408 g/mol. The van der Waals surface area contributed by atoms with E-state index in [0.29, 0.717) is 0 Å². The van der Waals surface area contributed by atoms with Crippen molar-refractivity contribution in [3.05, 3.63) is 89.3 Å². The Bertz CT molecular complexity index is 1120. The summed E-state index contributed by atoms with van der Waals surface area (Å²) in [7, 11) is 0. The summed E-state index contributed by atoms with van der Waals surface area (Å²) in [6.07, 6.45) is 2.83. The number of nitrogens with zero attached hydrogens (tertiary/aromatic N) is 2. The van der Waals surface area contributed by atoms with E-state index in [1.54, 1.807) is 10.8 Å². The predicted molar refractivity (Wildman–Crippen MR) is 120 cm³/mol. The Morgan fingerprint density at radius 1 is 1.00 bits per heavy atom. The first-order valence-electron chi connectivity index (χ1n) is 10.0. The van der Waals surface area contributed by atoms with Gasteiger partial charge in [-0.2, -0.15) is 5.10 Å². The smallest absolute Gasteiger partial charge is 0.331 e. The fourth-order valence-electron chi connectivity index (χ4n) is 3.04. The maximum absolute atomic E-state index is 12.0. The second-order valence-corrected chi connectivity index (χ2v) is 6.99. The summed E-state index contributed by atoms with van der Waals surface area (Å²) in [4.78, 5) is 35.6. The van der Waals surface area contributed by atoms with E-state index < -0.39 is 24.5 Å². The van der Waals surface area contributed by atoms with Crippen LogP contribution >= 0.6 is 0 Å². The Morgan fingerprint density at radius 2 is 1.66 bits per heavy atom. The van der Waals surface area contributed by atoms with Crippen molar-refractivity contribution in [3.8, 4) is 5.69 Å². The summed E-state index contributed by atoms with van der Waals surface area (Å²) in [5.41, 5.74) is 4.22. The lowest BCUT2D eigenvalue weighted by Gasteiger charge is -2.07. The maximum Gasteiger partial charge on any atom is 0.331 e. The van der Waals surface area contributed by atoms with Crippen LogP contribution in [0.1, 0.15) is 22.5 Å². The summed E-state index contributed by atoms with van der Waals surface area (Å²) in [6, 6.07) is 18.3. The van der Waals surface area contributed by atoms with E-state index in [0.717, 1.165) is 28.2 Å². The average Bonchev–Trinajstić information content (AvgIpc) is 3.09. The average molecular weight is 432 g/mol. The topological polar surface area (TPSA) is 102 Å². The zero-order valence-corrected chi connectivity index (χ0v) is 17.9. The Morgan fingerprint density at radius 3 is 2.34 bits per heavy atom. The van der Waals surface area contributed by atoms with E-state index in [2.05, 4.69) is 15.7 Å². The number of aryl methyl sites for hydroxylation is 1. The number of aromatic nitrogens is 2. The highest BCUT2D eigenvalue weighted by molar-refractivity contribution is 5.96. The first-order chi connectivity index (χ1) is 15.4.